The molecule has 1 saturated carbocycles. The Hall–Kier alpha value is -0.0400. The Kier molecular flexibility index (Phi) is 10.4. The van der Waals surface area contributed by atoms with Crippen LogP contribution in [0.15, 0.2) is 0 Å². The average Bonchev–Trinajstić information content (AvgIpc) is 2.46. The Morgan fingerprint density at radius 1 is 0.800 bits per heavy atom. The molecular weight excluding hydrogens is 242 g/mol. The van der Waals surface area contributed by atoms with E-state index in [2.05, 4.69) is 13.8 Å². The second kappa shape index (κ2) is 11.6. The lowest BCUT2D eigenvalue weighted by Gasteiger charge is -2.34. The average molecular weight is 282 g/mol. The van der Waals surface area contributed by atoms with E-state index < -0.39 is 0 Å². The molecule has 0 aromatic rings. The topological polar surface area (TPSA) is 26.0 Å². The van der Waals surface area contributed by atoms with Gasteiger partial charge in [-0.3, -0.25) is 0 Å². The number of nitrogens with two attached hydrogens (primary N) is 1. The van der Waals surface area contributed by atoms with E-state index in [4.69, 9.17) is 5.73 Å². The van der Waals surface area contributed by atoms with Gasteiger partial charge in [0.1, 0.15) is 0 Å². The summed E-state index contributed by atoms with van der Waals surface area (Å²) >= 11 is 0. The molecule has 0 amide bonds. The van der Waals surface area contributed by atoms with Crippen molar-refractivity contribution in [2.45, 2.75) is 97.3 Å². The van der Waals surface area contributed by atoms with Gasteiger partial charge in [0.25, 0.3) is 0 Å². The van der Waals surface area contributed by atoms with Crippen LogP contribution in [0.5, 0.6) is 0 Å². The molecule has 1 aliphatic carbocycles. The standard InChI is InChI=1S/C19H39N/c1-17(2)19-15-11-10-14-18(19)13-9-7-5-3-4-6-8-12-16-20/h17-19H,3-16,20H2,1-2H3. The number of unbranched alkanes of at least 4 members (excludes halogenated alkanes) is 7. The lowest BCUT2D eigenvalue weighted by atomic mass is 9.71. The van der Waals surface area contributed by atoms with Crippen molar-refractivity contribution in [3.63, 3.8) is 0 Å². The largest absolute Gasteiger partial charge is 0.330 e. The van der Waals surface area contributed by atoms with Crippen molar-refractivity contribution in [2.24, 2.45) is 23.5 Å². The zero-order valence-electron chi connectivity index (χ0n) is 14.2. The smallest absolute Gasteiger partial charge is 0.00773 e. The van der Waals surface area contributed by atoms with Gasteiger partial charge in [-0.25, -0.2) is 0 Å². The summed E-state index contributed by atoms with van der Waals surface area (Å²) in [5, 5.41) is 0. The maximum atomic E-state index is 5.51. The first-order chi connectivity index (χ1) is 9.75. The van der Waals surface area contributed by atoms with Gasteiger partial charge in [0.15, 0.2) is 0 Å². The fourth-order valence-corrected chi connectivity index (χ4v) is 4.08. The molecule has 0 spiro atoms. The molecule has 1 fully saturated rings. The van der Waals surface area contributed by atoms with E-state index in [0.717, 1.165) is 24.3 Å². The maximum Gasteiger partial charge on any atom is -0.00773 e. The lowest BCUT2D eigenvalue weighted by molar-refractivity contribution is 0.167. The molecule has 2 atom stereocenters. The Morgan fingerprint density at radius 2 is 1.35 bits per heavy atom. The van der Waals surface area contributed by atoms with Gasteiger partial charge in [0.2, 0.25) is 0 Å². The Morgan fingerprint density at radius 3 is 1.95 bits per heavy atom. The molecule has 1 aliphatic rings. The first-order valence-electron chi connectivity index (χ1n) is 9.45. The fourth-order valence-electron chi connectivity index (χ4n) is 4.08. The van der Waals surface area contributed by atoms with Crippen LogP contribution in [0.3, 0.4) is 0 Å². The van der Waals surface area contributed by atoms with Crippen LogP contribution in [-0.2, 0) is 0 Å². The number of hydrogen-bond donors (Lipinski definition) is 1. The minimum atomic E-state index is 0.873. The first kappa shape index (κ1) is 18.0. The fraction of sp³-hybridized carbons (Fsp3) is 1.00. The van der Waals surface area contributed by atoms with Gasteiger partial charge < -0.3 is 5.73 Å². The monoisotopic (exact) mass is 281 g/mol. The second-order valence-electron chi connectivity index (χ2n) is 7.36. The van der Waals surface area contributed by atoms with Crippen LogP contribution < -0.4 is 5.73 Å². The molecule has 2 unspecified atom stereocenters. The lowest BCUT2D eigenvalue weighted by Crippen LogP contribution is -2.24. The van der Waals surface area contributed by atoms with Crippen LogP contribution in [0.25, 0.3) is 0 Å². The van der Waals surface area contributed by atoms with Crippen LogP contribution in [0.1, 0.15) is 97.3 Å². The van der Waals surface area contributed by atoms with Gasteiger partial charge in [0.05, 0.1) is 0 Å². The zero-order chi connectivity index (χ0) is 14.6. The van der Waals surface area contributed by atoms with E-state index in [1.807, 2.05) is 0 Å². The zero-order valence-corrected chi connectivity index (χ0v) is 14.2. The van der Waals surface area contributed by atoms with Crippen molar-refractivity contribution in [1.82, 2.24) is 0 Å². The van der Waals surface area contributed by atoms with E-state index in [9.17, 15) is 0 Å². The van der Waals surface area contributed by atoms with Crippen molar-refractivity contribution < 1.29 is 0 Å². The SMILES string of the molecule is CC(C)C1CCCCC1CCCCCCCCCCN. The highest BCUT2D eigenvalue weighted by Gasteiger charge is 2.26. The van der Waals surface area contributed by atoms with Crippen LogP contribution >= 0.6 is 0 Å². The molecule has 1 nitrogen and oxygen atoms in total. The van der Waals surface area contributed by atoms with Gasteiger partial charge in [-0.15, -0.1) is 0 Å². The predicted molar refractivity (Wildman–Crippen MR) is 90.9 cm³/mol. The van der Waals surface area contributed by atoms with Crippen molar-refractivity contribution in [2.75, 3.05) is 6.54 Å². The predicted octanol–water partition coefficient (Wildman–Crippen LogP) is 5.92. The number of rotatable bonds is 11. The molecule has 2 N–H and O–H groups in total. The second-order valence-corrected chi connectivity index (χ2v) is 7.36. The van der Waals surface area contributed by atoms with Gasteiger partial charge in [-0.1, -0.05) is 84.5 Å². The molecule has 0 radical (unpaired) electrons. The molecule has 0 saturated heterocycles. The highest BCUT2D eigenvalue weighted by atomic mass is 14.5. The molecule has 20 heavy (non-hydrogen) atoms. The third-order valence-electron chi connectivity index (χ3n) is 5.35. The molecule has 1 heteroatoms. The van der Waals surface area contributed by atoms with Crippen molar-refractivity contribution in [3.8, 4) is 0 Å². The third-order valence-corrected chi connectivity index (χ3v) is 5.35. The molecule has 1 rings (SSSR count). The van der Waals surface area contributed by atoms with E-state index in [1.54, 1.807) is 0 Å². The van der Waals surface area contributed by atoms with Gasteiger partial charge in [-0.05, 0) is 37.1 Å². The van der Waals surface area contributed by atoms with Crippen molar-refractivity contribution >= 4 is 0 Å². The highest BCUT2D eigenvalue weighted by Crippen LogP contribution is 2.37. The minimum absolute atomic E-state index is 0.873. The van der Waals surface area contributed by atoms with Crippen molar-refractivity contribution in [1.29, 1.82) is 0 Å². The first-order valence-corrected chi connectivity index (χ1v) is 9.45. The quantitative estimate of drug-likeness (QED) is 0.467. The Labute approximate surface area is 128 Å². The normalized spacial score (nSPS) is 23.4. The molecule has 0 aliphatic heterocycles. The molecular formula is C19H39N. The summed E-state index contributed by atoms with van der Waals surface area (Å²) < 4.78 is 0. The maximum absolute atomic E-state index is 5.51. The van der Waals surface area contributed by atoms with Gasteiger partial charge in [0, 0.05) is 0 Å². The summed E-state index contributed by atoms with van der Waals surface area (Å²) in [6, 6.07) is 0. The van der Waals surface area contributed by atoms with Crippen LogP contribution in [-0.4, -0.2) is 6.54 Å². The minimum Gasteiger partial charge on any atom is -0.330 e. The highest BCUT2D eigenvalue weighted by molar-refractivity contribution is 4.77. The summed E-state index contributed by atoms with van der Waals surface area (Å²) in [4.78, 5) is 0. The summed E-state index contributed by atoms with van der Waals surface area (Å²) in [5.41, 5.74) is 5.51. The summed E-state index contributed by atoms with van der Waals surface area (Å²) in [6.45, 7) is 5.74. The van der Waals surface area contributed by atoms with Crippen LogP contribution in [0, 0.1) is 17.8 Å². The summed E-state index contributed by atoms with van der Waals surface area (Å²) in [7, 11) is 0. The summed E-state index contributed by atoms with van der Waals surface area (Å²) in [6.07, 6.45) is 18.8. The van der Waals surface area contributed by atoms with E-state index in [-0.39, 0.29) is 0 Å². The summed E-state index contributed by atoms with van der Waals surface area (Å²) in [5.74, 6) is 2.98. The molecule has 0 aromatic carbocycles. The molecule has 120 valence electrons. The van der Waals surface area contributed by atoms with Gasteiger partial charge >= 0.3 is 0 Å². The van der Waals surface area contributed by atoms with E-state index >= 15 is 0 Å². The number of hydrogen-bond acceptors (Lipinski definition) is 1. The van der Waals surface area contributed by atoms with E-state index in [0.29, 0.717) is 0 Å². The Balaban J connectivity index is 1.97. The molecule has 0 bridgehead atoms. The van der Waals surface area contributed by atoms with Crippen LogP contribution in [0.2, 0.25) is 0 Å². The molecule has 0 heterocycles. The molecule has 0 aromatic heterocycles. The van der Waals surface area contributed by atoms with Crippen molar-refractivity contribution in [3.05, 3.63) is 0 Å². The van der Waals surface area contributed by atoms with E-state index in [1.165, 1.54) is 83.5 Å². The van der Waals surface area contributed by atoms with Crippen LogP contribution in [0.4, 0.5) is 0 Å². The Bertz CT molecular complexity index is 212. The third kappa shape index (κ3) is 7.67. The van der Waals surface area contributed by atoms with Gasteiger partial charge in [-0.2, -0.15) is 0 Å².